The molecule has 96 valence electrons. The van der Waals surface area contributed by atoms with E-state index in [-0.39, 0.29) is 12.3 Å². The molecule has 0 aliphatic carbocycles. The summed E-state index contributed by atoms with van der Waals surface area (Å²) < 4.78 is 98.1. The molecule has 0 aliphatic rings. The van der Waals surface area contributed by atoms with Crippen molar-refractivity contribution in [3.8, 4) is 0 Å². The quantitative estimate of drug-likeness (QED) is 0.698. The third-order valence-corrected chi connectivity index (χ3v) is 1.77. The highest BCUT2D eigenvalue weighted by Crippen LogP contribution is 2.43. The predicted octanol–water partition coefficient (Wildman–Crippen LogP) is 4.06. The van der Waals surface area contributed by atoms with E-state index in [1.807, 2.05) is 0 Å². The van der Waals surface area contributed by atoms with Crippen molar-refractivity contribution in [3.63, 3.8) is 0 Å². The Balaban J connectivity index is 3.58. The lowest BCUT2D eigenvalue weighted by molar-refractivity contribution is -0.166. The lowest BCUT2D eigenvalue weighted by Crippen LogP contribution is -2.20. The Kier molecular flexibility index (Phi) is 3.30. The lowest BCUT2D eigenvalue weighted by Gasteiger charge is -2.17. The fourth-order valence-corrected chi connectivity index (χ4v) is 1.17. The fourth-order valence-electron chi connectivity index (χ4n) is 1.17. The van der Waals surface area contributed by atoms with Gasteiger partial charge in [0.15, 0.2) is 5.69 Å². The van der Waals surface area contributed by atoms with Gasteiger partial charge in [-0.1, -0.05) is 0 Å². The van der Waals surface area contributed by atoms with Gasteiger partial charge in [0.1, 0.15) is 0 Å². The molecule has 0 aromatic carbocycles. The Hall–Kier alpha value is -1.41. The molecule has 0 spiro atoms. The van der Waals surface area contributed by atoms with Crippen molar-refractivity contribution in [2.45, 2.75) is 18.8 Å². The highest BCUT2D eigenvalue weighted by atomic mass is 19.4. The van der Waals surface area contributed by atoms with Gasteiger partial charge in [-0.3, -0.25) is 4.98 Å². The van der Waals surface area contributed by atoms with Gasteiger partial charge in [0.2, 0.25) is 0 Å². The van der Waals surface area contributed by atoms with Gasteiger partial charge >= 0.3 is 12.4 Å². The van der Waals surface area contributed by atoms with Gasteiger partial charge in [0.05, 0.1) is 5.56 Å². The first-order valence-electron chi connectivity index (χ1n) is 3.96. The van der Waals surface area contributed by atoms with E-state index in [0.29, 0.717) is 0 Å². The first-order chi connectivity index (χ1) is 7.55. The first-order valence-corrected chi connectivity index (χ1v) is 3.96. The van der Waals surface area contributed by atoms with Crippen LogP contribution < -0.4 is 0 Å². The van der Waals surface area contributed by atoms with Crippen LogP contribution in [0.5, 0.6) is 0 Å². The van der Waals surface area contributed by atoms with E-state index >= 15 is 0 Å². The minimum Gasteiger partial charge on any atom is -0.251 e. The van der Waals surface area contributed by atoms with Gasteiger partial charge < -0.3 is 0 Å². The fraction of sp³-hybridized carbons (Fsp3) is 0.375. The molecule has 0 amide bonds. The summed E-state index contributed by atoms with van der Waals surface area (Å²) in [6.45, 7) is 0. The van der Waals surface area contributed by atoms with Crippen molar-refractivity contribution < 1.29 is 35.1 Å². The third kappa shape index (κ3) is 2.83. The summed E-state index contributed by atoms with van der Waals surface area (Å²) >= 11 is 0. The number of pyridine rings is 1. The average Bonchev–Trinajstić information content (AvgIpc) is 2.13. The highest BCUT2D eigenvalue weighted by molar-refractivity contribution is 5.35. The van der Waals surface area contributed by atoms with E-state index in [1.165, 1.54) is 0 Å². The zero-order chi connectivity index (χ0) is 13.4. The van der Waals surface area contributed by atoms with Crippen LogP contribution in [0.4, 0.5) is 35.1 Å². The van der Waals surface area contributed by atoms with E-state index in [0.717, 1.165) is 0 Å². The van der Waals surface area contributed by atoms with Crippen LogP contribution in [0.2, 0.25) is 0 Å². The normalized spacial score (nSPS) is 13.2. The van der Waals surface area contributed by atoms with Crippen molar-refractivity contribution in [2.24, 2.45) is 0 Å². The Bertz CT molecular complexity index is 405. The van der Waals surface area contributed by atoms with Crippen molar-refractivity contribution in [2.75, 3.05) is 0 Å². The summed E-state index contributed by atoms with van der Waals surface area (Å²) in [5, 5.41) is 0. The van der Waals surface area contributed by atoms with Crippen LogP contribution in [-0.4, -0.2) is 4.98 Å². The second-order valence-electron chi connectivity index (χ2n) is 2.92. The maximum atomic E-state index is 12.3. The summed E-state index contributed by atoms with van der Waals surface area (Å²) in [7, 11) is 0. The van der Waals surface area contributed by atoms with Crippen LogP contribution in [0.1, 0.15) is 23.2 Å². The molecule has 1 aromatic heterocycles. The molecule has 0 bridgehead atoms. The minimum atomic E-state index is -5.55. The van der Waals surface area contributed by atoms with Gasteiger partial charge in [-0.15, -0.1) is 0 Å². The van der Waals surface area contributed by atoms with E-state index < -0.39 is 35.6 Å². The third-order valence-electron chi connectivity index (χ3n) is 1.77. The highest BCUT2D eigenvalue weighted by Gasteiger charge is 2.47. The molecule has 0 N–H and O–H groups in total. The Morgan fingerprint density at radius 2 is 1.47 bits per heavy atom. The smallest absolute Gasteiger partial charge is 0.251 e. The summed E-state index contributed by atoms with van der Waals surface area (Å²) in [5.74, 6) is 0. The van der Waals surface area contributed by atoms with Crippen LogP contribution in [-0.2, 0) is 12.4 Å². The Morgan fingerprint density at radius 3 is 1.82 bits per heavy atom. The Morgan fingerprint density at radius 1 is 0.941 bits per heavy atom. The topological polar surface area (TPSA) is 12.9 Å². The van der Waals surface area contributed by atoms with Crippen molar-refractivity contribution in [3.05, 3.63) is 29.1 Å². The summed E-state index contributed by atoms with van der Waals surface area (Å²) in [6.07, 6.45) is -14.4. The SMILES string of the molecule is FC(F)c1ccnc(C(F)(F)F)c1C(F)(F)F. The zero-order valence-corrected chi connectivity index (χ0v) is 7.70. The molecule has 0 radical (unpaired) electrons. The number of aromatic nitrogens is 1. The summed E-state index contributed by atoms with van der Waals surface area (Å²) in [4.78, 5) is 2.48. The number of nitrogens with zero attached hydrogens (tertiary/aromatic N) is 1. The van der Waals surface area contributed by atoms with Crippen LogP contribution >= 0.6 is 0 Å². The average molecular weight is 265 g/mol. The standard InChI is InChI=1S/C8H3F8N/c9-6(10)3-1-2-17-5(8(14,15)16)4(3)7(11,12)13/h1-2,6H. The molecular formula is C8H3F8N. The molecule has 1 heterocycles. The number of hydrogen-bond donors (Lipinski definition) is 0. The Labute approximate surface area is 89.1 Å². The van der Waals surface area contributed by atoms with E-state index in [1.54, 1.807) is 0 Å². The summed E-state index contributed by atoms with van der Waals surface area (Å²) in [6, 6.07) is 0.211. The second-order valence-corrected chi connectivity index (χ2v) is 2.92. The van der Waals surface area contributed by atoms with Gasteiger partial charge in [-0.25, -0.2) is 8.78 Å². The largest absolute Gasteiger partial charge is 0.433 e. The van der Waals surface area contributed by atoms with Gasteiger partial charge in [0, 0.05) is 11.8 Å². The summed E-state index contributed by atoms with van der Waals surface area (Å²) in [5.41, 5.74) is -6.54. The van der Waals surface area contributed by atoms with Gasteiger partial charge in [0.25, 0.3) is 6.43 Å². The number of hydrogen-bond acceptors (Lipinski definition) is 1. The van der Waals surface area contributed by atoms with E-state index in [2.05, 4.69) is 4.98 Å². The van der Waals surface area contributed by atoms with Crippen molar-refractivity contribution >= 4 is 0 Å². The zero-order valence-electron chi connectivity index (χ0n) is 7.70. The monoisotopic (exact) mass is 265 g/mol. The van der Waals surface area contributed by atoms with Crippen LogP contribution in [0.15, 0.2) is 12.3 Å². The molecule has 0 saturated heterocycles. The van der Waals surface area contributed by atoms with Crippen molar-refractivity contribution in [1.82, 2.24) is 4.98 Å². The lowest BCUT2D eigenvalue weighted by atomic mass is 10.1. The molecule has 1 nitrogen and oxygen atoms in total. The molecule has 17 heavy (non-hydrogen) atoms. The molecule has 0 fully saturated rings. The molecule has 9 heteroatoms. The van der Waals surface area contributed by atoms with Crippen LogP contribution in [0, 0.1) is 0 Å². The van der Waals surface area contributed by atoms with Gasteiger partial charge in [-0.05, 0) is 6.07 Å². The van der Waals surface area contributed by atoms with E-state index in [4.69, 9.17) is 0 Å². The first kappa shape index (κ1) is 13.7. The van der Waals surface area contributed by atoms with Crippen molar-refractivity contribution in [1.29, 1.82) is 0 Å². The number of halogens is 8. The number of alkyl halides is 8. The number of rotatable bonds is 1. The minimum absolute atomic E-state index is 0.211. The predicted molar refractivity (Wildman–Crippen MR) is 39.2 cm³/mol. The maximum absolute atomic E-state index is 12.3. The molecule has 0 unspecified atom stereocenters. The van der Waals surface area contributed by atoms with Gasteiger partial charge in [-0.2, -0.15) is 26.3 Å². The molecule has 1 aromatic rings. The molecule has 0 aliphatic heterocycles. The molecule has 1 rings (SSSR count). The second kappa shape index (κ2) is 4.11. The maximum Gasteiger partial charge on any atom is 0.433 e. The molecule has 0 atom stereocenters. The van der Waals surface area contributed by atoms with E-state index in [9.17, 15) is 35.1 Å². The molecular weight excluding hydrogens is 262 g/mol. The van der Waals surface area contributed by atoms with Crippen LogP contribution in [0.25, 0.3) is 0 Å². The van der Waals surface area contributed by atoms with Crippen LogP contribution in [0.3, 0.4) is 0 Å². The molecule has 0 saturated carbocycles.